The minimum Gasteiger partial charge on any atom is -0.437 e. The van der Waals surface area contributed by atoms with E-state index < -0.39 is 23.2 Å². The number of non-ortho nitro benzene ring substituents is 1. The summed E-state index contributed by atoms with van der Waals surface area (Å²) in [6.07, 6.45) is 4.72. The normalized spacial score (nSPS) is 17.6. The monoisotopic (exact) mass is 607 g/mol. The summed E-state index contributed by atoms with van der Waals surface area (Å²) in [6.45, 7) is 6.45. The number of likely N-dealkylation sites (tertiary alicyclic amines) is 1. The van der Waals surface area contributed by atoms with Crippen molar-refractivity contribution in [2.24, 2.45) is 5.92 Å². The minimum absolute atomic E-state index is 0.0919. The number of nitro groups is 1. The number of piperidine rings is 1. The van der Waals surface area contributed by atoms with Crippen LogP contribution < -0.4 is 5.32 Å². The molecule has 4 rings (SSSR count). The molecule has 44 heavy (non-hydrogen) atoms. The van der Waals surface area contributed by atoms with Crippen LogP contribution in [0.25, 0.3) is 0 Å². The Bertz CT molecular complexity index is 1370. The molecule has 0 spiro atoms. The molecule has 1 atom stereocenters. The van der Waals surface area contributed by atoms with Gasteiger partial charge in [0.05, 0.1) is 30.0 Å². The first-order valence-electron chi connectivity index (χ1n) is 15.0. The number of dihydropyridines is 1. The Hall–Kier alpha value is -4.38. The number of aryl methyl sites for hydroxylation is 1. The predicted molar refractivity (Wildman–Crippen MR) is 163 cm³/mol. The van der Waals surface area contributed by atoms with Crippen LogP contribution in [0.15, 0.2) is 77.5 Å². The van der Waals surface area contributed by atoms with Crippen LogP contribution in [0.5, 0.6) is 0 Å². The number of methoxy groups -OCH3 is 1. The summed E-state index contributed by atoms with van der Waals surface area (Å²) in [7, 11) is 1.17. The van der Waals surface area contributed by atoms with Crippen molar-refractivity contribution in [3.05, 3.63) is 98.8 Å². The number of allylic oxidation sites excluding steroid dienone is 2. The van der Waals surface area contributed by atoms with Gasteiger partial charge in [0, 0.05) is 18.7 Å². The Morgan fingerprint density at radius 1 is 0.955 bits per heavy atom. The van der Waals surface area contributed by atoms with Gasteiger partial charge in [-0.25, -0.2) is 9.59 Å². The third kappa shape index (κ3) is 9.06. The molecular formula is C33H41N3O8. The maximum atomic E-state index is 12.8. The van der Waals surface area contributed by atoms with Gasteiger partial charge in [0.25, 0.3) is 5.69 Å². The van der Waals surface area contributed by atoms with Gasteiger partial charge < -0.3 is 29.2 Å². The van der Waals surface area contributed by atoms with Crippen molar-refractivity contribution >= 4 is 18.0 Å². The molecule has 0 aromatic heterocycles. The van der Waals surface area contributed by atoms with Gasteiger partial charge >= 0.3 is 12.3 Å². The zero-order valence-electron chi connectivity index (χ0n) is 25.6. The highest BCUT2D eigenvalue weighted by atomic mass is 16.7. The molecule has 1 fully saturated rings. The highest BCUT2D eigenvalue weighted by molar-refractivity contribution is 5.65. The zero-order valence-corrected chi connectivity index (χ0v) is 25.6. The van der Waals surface area contributed by atoms with Gasteiger partial charge in [-0.3, -0.25) is 10.1 Å². The molecule has 0 saturated carbocycles. The summed E-state index contributed by atoms with van der Waals surface area (Å²) in [6, 6.07) is 16.5. The molecule has 11 heteroatoms. The lowest BCUT2D eigenvalue weighted by Gasteiger charge is -2.32. The van der Waals surface area contributed by atoms with Crippen LogP contribution in [-0.2, 0) is 25.4 Å². The van der Waals surface area contributed by atoms with E-state index in [9.17, 15) is 19.7 Å². The standard InChI is InChI=1S/C33H41N3O8/c1-23-30(43-32(37)41-3)29(27-14-8-15-28(22-27)36(39)40)31(24(2)34-23)44-33(38)42-21-9-18-35-19-16-26(17-20-35)13-7-12-25-10-5-4-6-11-25/h4-6,8,10-11,14-15,22,26,29,34H,7,9,12-13,16-21H2,1-3H3. The molecule has 0 aliphatic carbocycles. The molecule has 1 unspecified atom stereocenters. The first-order chi connectivity index (χ1) is 21.2. The molecular weight excluding hydrogens is 566 g/mol. The summed E-state index contributed by atoms with van der Waals surface area (Å²) in [4.78, 5) is 38.2. The van der Waals surface area contributed by atoms with Crippen molar-refractivity contribution in [1.29, 1.82) is 0 Å². The Labute approximate surface area is 258 Å². The fourth-order valence-corrected chi connectivity index (χ4v) is 5.78. The van der Waals surface area contributed by atoms with E-state index in [1.165, 1.54) is 56.6 Å². The van der Waals surface area contributed by atoms with E-state index in [1.807, 2.05) is 0 Å². The second-order valence-corrected chi connectivity index (χ2v) is 11.2. The van der Waals surface area contributed by atoms with Crippen LogP contribution in [-0.4, -0.2) is 55.5 Å². The van der Waals surface area contributed by atoms with Crippen LogP contribution in [0.2, 0.25) is 0 Å². The van der Waals surface area contributed by atoms with Crippen LogP contribution in [0.3, 0.4) is 0 Å². The van der Waals surface area contributed by atoms with Crippen molar-refractivity contribution in [1.82, 2.24) is 10.2 Å². The van der Waals surface area contributed by atoms with Crippen LogP contribution >= 0.6 is 0 Å². The number of ether oxygens (including phenoxy) is 4. The average Bonchev–Trinajstić information content (AvgIpc) is 3.02. The van der Waals surface area contributed by atoms with Crippen molar-refractivity contribution in [3.8, 4) is 0 Å². The van der Waals surface area contributed by atoms with E-state index >= 15 is 0 Å². The lowest BCUT2D eigenvalue weighted by molar-refractivity contribution is -0.384. The van der Waals surface area contributed by atoms with Gasteiger partial charge in [0.2, 0.25) is 0 Å². The fraction of sp³-hybridized carbons (Fsp3) is 0.455. The number of nitrogens with zero attached hydrogens (tertiary/aromatic N) is 2. The third-order valence-electron chi connectivity index (χ3n) is 8.07. The lowest BCUT2D eigenvalue weighted by atomic mass is 9.90. The van der Waals surface area contributed by atoms with Gasteiger partial charge in [-0.2, -0.15) is 0 Å². The Morgan fingerprint density at radius 3 is 2.30 bits per heavy atom. The van der Waals surface area contributed by atoms with Gasteiger partial charge in [-0.1, -0.05) is 48.9 Å². The number of hydrogen-bond donors (Lipinski definition) is 1. The molecule has 2 heterocycles. The first-order valence-corrected chi connectivity index (χ1v) is 15.0. The second-order valence-electron chi connectivity index (χ2n) is 11.2. The average molecular weight is 608 g/mol. The topological polar surface area (TPSA) is 129 Å². The van der Waals surface area contributed by atoms with E-state index in [0.717, 1.165) is 32.0 Å². The maximum absolute atomic E-state index is 12.8. The minimum atomic E-state index is -0.978. The summed E-state index contributed by atoms with van der Waals surface area (Å²) < 4.78 is 21.1. The highest BCUT2D eigenvalue weighted by Crippen LogP contribution is 2.40. The summed E-state index contributed by atoms with van der Waals surface area (Å²) >= 11 is 0. The molecule has 2 aliphatic rings. The Kier molecular flexibility index (Phi) is 11.8. The molecule has 2 aliphatic heterocycles. The van der Waals surface area contributed by atoms with Crippen molar-refractivity contribution in [2.45, 2.75) is 58.3 Å². The predicted octanol–water partition coefficient (Wildman–Crippen LogP) is 6.81. The summed E-state index contributed by atoms with van der Waals surface area (Å²) in [5, 5.41) is 14.5. The van der Waals surface area contributed by atoms with E-state index in [1.54, 1.807) is 19.9 Å². The van der Waals surface area contributed by atoms with Gasteiger partial charge in [0.1, 0.15) is 17.4 Å². The Balaban J connectivity index is 1.27. The van der Waals surface area contributed by atoms with E-state index in [4.69, 9.17) is 14.2 Å². The number of rotatable bonds is 12. The number of carbonyl (C=O) groups is 2. The van der Waals surface area contributed by atoms with Gasteiger partial charge in [-0.05, 0) is 76.1 Å². The number of nitrogens with one attached hydrogen (secondary N) is 1. The number of hydrogen-bond acceptors (Lipinski definition) is 10. The third-order valence-corrected chi connectivity index (χ3v) is 8.07. The van der Waals surface area contributed by atoms with E-state index in [2.05, 4.69) is 45.3 Å². The number of nitro benzene ring substituents is 1. The van der Waals surface area contributed by atoms with Crippen LogP contribution in [0, 0.1) is 16.0 Å². The lowest BCUT2D eigenvalue weighted by Crippen LogP contribution is -2.35. The van der Waals surface area contributed by atoms with Gasteiger partial charge in [-0.15, -0.1) is 0 Å². The summed E-state index contributed by atoms with van der Waals surface area (Å²) in [5.74, 6) is 0.0203. The van der Waals surface area contributed by atoms with Crippen molar-refractivity contribution < 1.29 is 33.5 Å². The SMILES string of the molecule is COC(=O)OC1=C(C)NC(C)=C(OC(=O)OCCCN2CCC(CCCc3ccccc3)CC2)C1c1cccc([N+](=O)[O-])c1. The molecule has 0 radical (unpaired) electrons. The maximum Gasteiger partial charge on any atom is 0.513 e. The number of benzene rings is 2. The molecule has 0 amide bonds. The van der Waals surface area contributed by atoms with Crippen molar-refractivity contribution in [2.75, 3.05) is 33.4 Å². The van der Waals surface area contributed by atoms with Gasteiger partial charge in [0.15, 0.2) is 0 Å². The smallest absolute Gasteiger partial charge is 0.437 e. The molecule has 236 valence electrons. The first kappa shape index (κ1) is 32.5. The van der Waals surface area contributed by atoms with Crippen molar-refractivity contribution in [3.63, 3.8) is 0 Å². The Morgan fingerprint density at radius 2 is 1.64 bits per heavy atom. The second kappa shape index (κ2) is 15.9. The highest BCUT2D eigenvalue weighted by Gasteiger charge is 2.36. The van der Waals surface area contributed by atoms with Crippen LogP contribution in [0.4, 0.5) is 15.3 Å². The largest absolute Gasteiger partial charge is 0.513 e. The molecule has 2 aromatic carbocycles. The summed E-state index contributed by atoms with van der Waals surface area (Å²) in [5.41, 5.74) is 2.57. The van der Waals surface area contributed by atoms with E-state index in [0.29, 0.717) is 23.4 Å². The molecule has 1 saturated heterocycles. The van der Waals surface area contributed by atoms with Crippen LogP contribution in [0.1, 0.15) is 63.0 Å². The number of carbonyl (C=O) groups excluding carboxylic acids is 2. The molecule has 0 bridgehead atoms. The molecule has 11 nitrogen and oxygen atoms in total. The fourth-order valence-electron chi connectivity index (χ4n) is 5.78. The quantitative estimate of drug-likeness (QED) is 0.119. The molecule has 1 N–H and O–H groups in total. The zero-order chi connectivity index (χ0) is 31.5. The van der Waals surface area contributed by atoms with E-state index in [-0.39, 0.29) is 23.8 Å². The molecule has 2 aromatic rings.